The van der Waals surface area contributed by atoms with Gasteiger partial charge in [-0.25, -0.2) is 0 Å². The first-order valence-corrected chi connectivity index (χ1v) is 10.2. The topological polar surface area (TPSA) is 70.0 Å². The molecule has 3 rings (SSSR count). The maximum absolute atomic E-state index is 4.50. The van der Waals surface area contributed by atoms with Crippen molar-refractivity contribution in [2.75, 3.05) is 20.1 Å². The van der Waals surface area contributed by atoms with Crippen LogP contribution in [-0.2, 0) is 19.4 Å². The predicted molar refractivity (Wildman–Crippen MR) is 117 cm³/mol. The number of fused-ring (bicyclic) bond motifs is 1. The Labute approximate surface area is 167 Å². The molecule has 2 heterocycles. The van der Waals surface area contributed by atoms with Gasteiger partial charge < -0.3 is 15.6 Å². The minimum Gasteiger partial charge on any atom is -0.361 e. The first-order valence-electron chi connectivity index (χ1n) is 10.2. The van der Waals surface area contributed by atoms with E-state index in [1.165, 1.54) is 27.7 Å². The first-order chi connectivity index (χ1) is 13.6. The number of benzene rings is 1. The van der Waals surface area contributed by atoms with Crippen molar-refractivity contribution >= 4 is 16.9 Å². The SMILES string of the molecule is CCc1cccc2c(CCNC(=NC)NCCCn3nc(C)cc3C)c[nH]c12. The summed E-state index contributed by atoms with van der Waals surface area (Å²) in [5.74, 6) is 0.849. The van der Waals surface area contributed by atoms with E-state index in [0.29, 0.717) is 0 Å². The van der Waals surface area contributed by atoms with Crippen LogP contribution in [0.5, 0.6) is 0 Å². The van der Waals surface area contributed by atoms with Crippen LogP contribution in [-0.4, -0.2) is 40.9 Å². The van der Waals surface area contributed by atoms with E-state index in [1.54, 1.807) is 0 Å². The summed E-state index contributed by atoms with van der Waals surface area (Å²) in [5.41, 5.74) is 6.28. The lowest BCUT2D eigenvalue weighted by Crippen LogP contribution is -2.39. The van der Waals surface area contributed by atoms with Crippen molar-refractivity contribution < 1.29 is 0 Å². The molecule has 0 saturated heterocycles. The maximum atomic E-state index is 4.50. The second-order valence-electron chi connectivity index (χ2n) is 7.19. The van der Waals surface area contributed by atoms with Crippen molar-refractivity contribution in [3.63, 3.8) is 0 Å². The average Bonchev–Trinajstić information content (AvgIpc) is 3.25. The fourth-order valence-corrected chi connectivity index (χ4v) is 3.65. The maximum Gasteiger partial charge on any atom is 0.190 e. The molecule has 28 heavy (non-hydrogen) atoms. The van der Waals surface area contributed by atoms with Crippen LogP contribution < -0.4 is 10.6 Å². The molecule has 0 atom stereocenters. The van der Waals surface area contributed by atoms with E-state index in [1.807, 2.05) is 14.0 Å². The number of hydrogen-bond acceptors (Lipinski definition) is 2. The fourth-order valence-electron chi connectivity index (χ4n) is 3.65. The minimum atomic E-state index is 0.848. The zero-order valence-corrected chi connectivity index (χ0v) is 17.5. The molecule has 3 N–H and O–H groups in total. The van der Waals surface area contributed by atoms with E-state index in [2.05, 4.69) is 74.7 Å². The summed E-state index contributed by atoms with van der Waals surface area (Å²) in [4.78, 5) is 7.77. The highest BCUT2D eigenvalue weighted by Gasteiger charge is 2.07. The molecular formula is C22H32N6. The van der Waals surface area contributed by atoms with Gasteiger partial charge in [0, 0.05) is 49.5 Å². The Hall–Kier alpha value is -2.76. The number of aromatic nitrogens is 3. The van der Waals surface area contributed by atoms with Gasteiger partial charge in [0.1, 0.15) is 0 Å². The molecular weight excluding hydrogens is 348 g/mol. The lowest BCUT2D eigenvalue weighted by molar-refractivity contribution is 0.555. The lowest BCUT2D eigenvalue weighted by Gasteiger charge is -2.12. The molecule has 0 saturated carbocycles. The zero-order chi connectivity index (χ0) is 19.9. The molecule has 0 aliphatic rings. The number of rotatable bonds is 8. The summed E-state index contributed by atoms with van der Waals surface area (Å²) < 4.78 is 2.06. The lowest BCUT2D eigenvalue weighted by atomic mass is 10.1. The van der Waals surface area contributed by atoms with Crippen LogP contribution in [0, 0.1) is 13.8 Å². The van der Waals surface area contributed by atoms with E-state index in [0.717, 1.165) is 50.6 Å². The molecule has 0 aliphatic carbocycles. The Morgan fingerprint density at radius 2 is 2.00 bits per heavy atom. The van der Waals surface area contributed by atoms with Gasteiger partial charge >= 0.3 is 0 Å². The van der Waals surface area contributed by atoms with Crippen LogP contribution >= 0.6 is 0 Å². The van der Waals surface area contributed by atoms with Gasteiger partial charge in [-0.15, -0.1) is 0 Å². The summed E-state index contributed by atoms with van der Waals surface area (Å²) in [6.45, 7) is 8.96. The summed E-state index contributed by atoms with van der Waals surface area (Å²) in [6.07, 6.45) is 5.14. The van der Waals surface area contributed by atoms with Gasteiger partial charge in [0.05, 0.1) is 5.69 Å². The van der Waals surface area contributed by atoms with E-state index in [9.17, 15) is 0 Å². The molecule has 3 aromatic rings. The predicted octanol–water partition coefficient (Wildman–Crippen LogP) is 3.34. The van der Waals surface area contributed by atoms with E-state index in [4.69, 9.17) is 0 Å². The van der Waals surface area contributed by atoms with Gasteiger partial charge in [-0.1, -0.05) is 25.1 Å². The van der Waals surface area contributed by atoms with Crippen LogP contribution in [0.25, 0.3) is 10.9 Å². The monoisotopic (exact) mass is 380 g/mol. The molecule has 6 nitrogen and oxygen atoms in total. The number of aliphatic imine (C=N–C) groups is 1. The van der Waals surface area contributed by atoms with Gasteiger partial charge in [-0.3, -0.25) is 9.67 Å². The Balaban J connectivity index is 1.44. The Kier molecular flexibility index (Phi) is 6.74. The number of hydrogen-bond donors (Lipinski definition) is 3. The number of para-hydroxylation sites is 1. The van der Waals surface area contributed by atoms with Crippen LogP contribution in [0.4, 0.5) is 0 Å². The molecule has 0 aliphatic heterocycles. The van der Waals surface area contributed by atoms with Gasteiger partial charge in [0.2, 0.25) is 0 Å². The second kappa shape index (κ2) is 9.44. The zero-order valence-electron chi connectivity index (χ0n) is 17.5. The third-order valence-corrected chi connectivity index (χ3v) is 5.12. The molecule has 0 amide bonds. The quantitative estimate of drug-likeness (QED) is 0.319. The Bertz CT molecular complexity index is 934. The molecule has 0 spiro atoms. The van der Waals surface area contributed by atoms with Gasteiger partial charge in [0.15, 0.2) is 5.96 Å². The van der Waals surface area contributed by atoms with Crippen molar-refractivity contribution in [2.24, 2.45) is 4.99 Å². The Morgan fingerprint density at radius 3 is 2.71 bits per heavy atom. The molecule has 0 fully saturated rings. The average molecular weight is 381 g/mol. The number of nitrogens with zero attached hydrogens (tertiary/aromatic N) is 3. The van der Waals surface area contributed by atoms with Gasteiger partial charge in [-0.05, 0) is 50.3 Å². The molecule has 6 heteroatoms. The van der Waals surface area contributed by atoms with E-state index >= 15 is 0 Å². The van der Waals surface area contributed by atoms with Crippen molar-refractivity contribution in [1.29, 1.82) is 0 Å². The number of aryl methyl sites for hydroxylation is 4. The van der Waals surface area contributed by atoms with Crippen molar-refractivity contribution in [3.8, 4) is 0 Å². The largest absolute Gasteiger partial charge is 0.361 e. The van der Waals surface area contributed by atoms with Gasteiger partial charge in [0.25, 0.3) is 0 Å². The number of nitrogens with one attached hydrogen (secondary N) is 3. The normalized spacial score (nSPS) is 11.9. The molecule has 0 radical (unpaired) electrons. The number of H-pyrrole nitrogens is 1. The van der Waals surface area contributed by atoms with Gasteiger partial charge in [-0.2, -0.15) is 5.10 Å². The van der Waals surface area contributed by atoms with Crippen molar-refractivity contribution in [3.05, 3.63) is 53.0 Å². The number of aromatic amines is 1. The molecule has 0 bridgehead atoms. The summed E-state index contributed by atoms with van der Waals surface area (Å²) in [5, 5.41) is 12.6. The van der Waals surface area contributed by atoms with Crippen LogP contribution in [0.15, 0.2) is 35.5 Å². The Morgan fingerprint density at radius 1 is 1.18 bits per heavy atom. The summed E-state index contributed by atoms with van der Waals surface area (Å²) >= 11 is 0. The molecule has 1 aromatic carbocycles. The highest BCUT2D eigenvalue weighted by Crippen LogP contribution is 2.22. The third-order valence-electron chi connectivity index (χ3n) is 5.12. The molecule has 150 valence electrons. The van der Waals surface area contributed by atoms with Crippen LogP contribution in [0.3, 0.4) is 0 Å². The second-order valence-corrected chi connectivity index (χ2v) is 7.19. The fraction of sp³-hybridized carbons (Fsp3) is 0.455. The minimum absolute atomic E-state index is 0.848. The number of guanidine groups is 1. The summed E-state index contributed by atoms with van der Waals surface area (Å²) in [7, 11) is 1.82. The highest BCUT2D eigenvalue weighted by atomic mass is 15.3. The van der Waals surface area contributed by atoms with Crippen LogP contribution in [0.1, 0.15) is 35.9 Å². The highest BCUT2D eigenvalue weighted by molar-refractivity contribution is 5.86. The van der Waals surface area contributed by atoms with Crippen molar-refractivity contribution in [2.45, 2.75) is 46.6 Å². The smallest absolute Gasteiger partial charge is 0.190 e. The third kappa shape index (κ3) is 4.74. The molecule has 2 aromatic heterocycles. The molecule has 0 unspecified atom stereocenters. The van der Waals surface area contributed by atoms with Crippen LogP contribution in [0.2, 0.25) is 0 Å². The first kappa shape index (κ1) is 20.0. The standard InChI is InChI=1S/C22H32N6/c1-5-18-8-6-9-20-19(15-26-21(18)20)10-12-25-22(23-4)24-11-7-13-28-17(3)14-16(2)27-28/h6,8-9,14-15,26H,5,7,10-13H2,1-4H3,(H2,23,24,25). The van der Waals surface area contributed by atoms with Crippen molar-refractivity contribution in [1.82, 2.24) is 25.4 Å². The summed E-state index contributed by atoms with van der Waals surface area (Å²) in [6, 6.07) is 8.66. The van der Waals surface area contributed by atoms with E-state index in [-0.39, 0.29) is 0 Å². The van der Waals surface area contributed by atoms with E-state index < -0.39 is 0 Å².